The number of thioether (sulfide) groups is 1. The molecule has 1 atom stereocenters. The van der Waals surface area contributed by atoms with Crippen molar-refractivity contribution in [1.29, 1.82) is 0 Å². The van der Waals surface area contributed by atoms with Crippen molar-refractivity contribution in [2.75, 3.05) is 10.6 Å². The number of rotatable bonds is 2. The zero-order chi connectivity index (χ0) is 16.6. The van der Waals surface area contributed by atoms with Crippen LogP contribution < -0.4 is 10.6 Å². The van der Waals surface area contributed by atoms with Crippen LogP contribution in [0.1, 0.15) is 22.8 Å². The number of anilines is 2. The van der Waals surface area contributed by atoms with Crippen molar-refractivity contribution in [2.24, 2.45) is 0 Å². The SMILES string of the molecule is Cc1cc(NC(=O)c2ccc3c(c2)NC(=O)C(C)S3)ccc1Br. The minimum atomic E-state index is -0.201. The number of hydrogen-bond donors (Lipinski definition) is 2. The average Bonchev–Trinajstić information content (AvgIpc) is 2.51. The maximum absolute atomic E-state index is 12.4. The van der Waals surface area contributed by atoms with Crippen LogP contribution in [0.25, 0.3) is 0 Å². The van der Waals surface area contributed by atoms with Gasteiger partial charge < -0.3 is 10.6 Å². The van der Waals surface area contributed by atoms with E-state index in [-0.39, 0.29) is 17.1 Å². The first-order valence-corrected chi connectivity index (χ1v) is 8.80. The lowest BCUT2D eigenvalue weighted by Gasteiger charge is -2.21. The molecule has 2 aromatic rings. The second-order valence-corrected chi connectivity index (χ2v) is 7.62. The summed E-state index contributed by atoms with van der Waals surface area (Å²) in [6.07, 6.45) is 0. The number of nitrogens with one attached hydrogen (secondary N) is 2. The minimum Gasteiger partial charge on any atom is -0.324 e. The van der Waals surface area contributed by atoms with Gasteiger partial charge in [0.2, 0.25) is 5.91 Å². The molecule has 118 valence electrons. The van der Waals surface area contributed by atoms with Crippen molar-refractivity contribution in [2.45, 2.75) is 24.0 Å². The summed E-state index contributed by atoms with van der Waals surface area (Å²) in [5, 5.41) is 5.60. The molecule has 1 aliphatic heterocycles. The van der Waals surface area contributed by atoms with Gasteiger partial charge in [0.25, 0.3) is 5.91 Å². The van der Waals surface area contributed by atoms with Gasteiger partial charge >= 0.3 is 0 Å². The Balaban J connectivity index is 1.81. The number of carbonyl (C=O) groups excluding carboxylic acids is 2. The van der Waals surface area contributed by atoms with E-state index in [9.17, 15) is 9.59 Å². The Morgan fingerprint density at radius 3 is 2.78 bits per heavy atom. The molecule has 2 N–H and O–H groups in total. The fourth-order valence-electron chi connectivity index (χ4n) is 2.28. The molecule has 2 aromatic carbocycles. The number of fused-ring (bicyclic) bond motifs is 1. The van der Waals surface area contributed by atoms with Crippen molar-refractivity contribution >= 4 is 50.9 Å². The van der Waals surface area contributed by atoms with Gasteiger partial charge in [-0.3, -0.25) is 9.59 Å². The third-order valence-corrected chi connectivity index (χ3v) is 5.66. The Morgan fingerprint density at radius 2 is 2.04 bits per heavy atom. The average molecular weight is 391 g/mol. The second-order valence-electron chi connectivity index (χ2n) is 5.38. The normalized spacial score (nSPS) is 16.5. The third-order valence-electron chi connectivity index (χ3n) is 3.59. The van der Waals surface area contributed by atoms with Gasteiger partial charge in [0.1, 0.15) is 0 Å². The van der Waals surface area contributed by atoms with Crippen LogP contribution >= 0.6 is 27.7 Å². The quantitative estimate of drug-likeness (QED) is 0.796. The van der Waals surface area contributed by atoms with E-state index in [4.69, 9.17) is 0 Å². The van der Waals surface area contributed by atoms with Crippen LogP contribution in [0.3, 0.4) is 0 Å². The molecule has 1 heterocycles. The fourth-order valence-corrected chi connectivity index (χ4v) is 3.45. The predicted octanol–water partition coefficient (Wildman–Crippen LogP) is 4.44. The smallest absolute Gasteiger partial charge is 0.255 e. The van der Waals surface area contributed by atoms with E-state index < -0.39 is 0 Å². The van der Waals surface area contributed by atoms with Crippen LogP contribution in [0, 0.1) is 6.92 Å². The van der Waals surface area contributed by atoms with Gasteiger partial charge in [-0.15, -0.1) is 11.8 Å². The highest BCUT2D eigenvalue weighted by atomic mass is 79.9. The largest absolute Gasteiger partial charge is 0.324 e. The fraction of sp³-hybridized carbons (Fsp3) is 0.176. The van der Waals surface area contributed by atoms with Crippen molar-refractivity contribution < 1.29 is 9.59 Å². The molecule has 3 rings (SSSR count). The molecule has 0 aromatic heterocycles. The summed E-state index contributed by atoms with van der Waals surface area (Å²) in [4.78, 5) is 25.1. The first-order valence-electron chi connectivity index (χ1n) is 7.13. The molecule has 1 unspecified atom stereocenters. The van der Waals surface area contributed by atoms with Gasteiger partial charge in [0.15, 0.2) is 0 Å². The summed E-state index contributed by atoms with van der Waals surface area (Å²) in [7, 11) is 0. The van der Waals surface area contributed by atoms with Gasteiger partial charge in [-0.05, 0) is 55.8 Å². The van der Waals surface area contributed by atoms with Crippen LogP contribution in [-0.4, -0.2) is 17.1 Å². The molecule has 0 radical (unpaired) electrons. The Hall–Kier alpha value is -1.79. The molecule has 0 saturated carbocycles. The van der Waals surface area contributed by atoms with E-state index in [1.165, 1.54) is 11.8 Å². The number of amides is 2. The van der Waals surface area contributed by atoms with Crippen LogP contribution in [0.4, 0.5) is 11.4 Å². The van der Waals surface area contributed by atoms with E-state index in [1.54, 1.807) is 12.1 Å². The van der Waals surface area contributed by atoms with Gasteiger partial charge in [-0.1, -0.05) is 15.9 Å². The Bertz CT molecular complexity index is 807. The molecule has 0 aliphatic carbocycles. The second kappa shape index (κ2) is 6.37. The lowest BCUT2D eigenvalue weighted by atomic mass is 10.1. The topological polar surface area (TPSA) is 58.2 Å². The summed E-state index contributed by atoms with van der Waals surface area (Å²) in [5.74, 6) is -0.240. The van der Waals surface area contributed by atoms with Gasteiger partial charge in [0, 0.05) is 20.6 Å². The highest BCUT2D eigenvalue weighted by Gasteiger charge is 2.23. The predicted molar refractivity (Wildman–Crippen MR) is 97.2 cm³/mol. The highest BCUT2D eigenvalue weighted by Crippen LogP contribution is 2.36. The highest BCUT2D eigenvalue weighted by molar-refractivity contribution is 9.10. The molecule has 1 aliphatic rings. The molecule has 0 bridgehead atoms. The van der Waals surface area contributed by atoms with Crippen LogP contribution in [0.5, 0.6) is 0 Å². The van der Waals surface area contributed by atoms with Gasteiger partial charge in [-0.25, -0.2) is 0 Å². The van der Waals surface area contributed by atoms with Crippen molar-refractivity contribution in [3.05, 3.63) is 52.0 Å². The summed E-state index contributed by atoms with van der Waals surface area (Å²) in [5.41, 5.74) is 2.99. The molecule has 0 spiro atoms. The molecular weight excluding hydrogens is 376 g/mol. The van der Waals surface area contributed by atoms with Gasteiger partial charge in [0.05, 0.1) is 10.9 Å². The lowest BCUT2D eigenvalue weighted by Crippen LogP contribution is -2.26. The molecule has 2 amide bonds. The van der Waals surface area contributed by atoms with E-state index in [0.29, 0.717) is 11.3 Å². The Kier molecular flexibility index (Phi) is 4.46. The zero-order valence-corrected chi connectivity index (χ0v) is 15.0. The first kappa shape index (κ1) is 16.1. The zero-order valence-electron chi connectivity index (χ0n) is 12.6. The first-order chi connectivity index (χ1) is 10.9. The third kappa shape index (κ3) is 3.43. The number of hydrogen-bond acceptors (Lipinski definition) is 3. The number of halogens is 1. The summed E-state index contributed by atoms with van der Waals surface area (Å²) >= 11 is 4.94. The molecular formula is C17H15BrN2O2S. The molecule has 0 saturated heterocycles. The Labute approximate surface area is 147 Å². The standard InChI is InChI=1S/C17H15BrN2O2S/c1-9-7-12(4-5-13(9)18)19-17(22)11-3-6-15-14(8-11)20-16(21)10(2)23-15/h3-8,10H,1-2H3,(H,19,22)(H,20,21). The number of aryl methyl sites for hydroxylation is 1. The summed E-state index contributed by atoms with van der Waals surface area (Å²) in [6.45, 7) is 3.83. The summed E-state index contributed by atoms with van der Waals surface area (Å²) in [6, 6.07) is 11.0. The monoisotopic (exact) mass is 390 g/mol. The van der Waals surface area contributed by atoms with E-state index in [2.05, 4.69) is 26.6 Å². The van der Waals surface area contributed by atoms with Crippen molar-refractivity contribution in [3.8, 4) is 0 Å². The number of benzene rings is 2. The molecule has 4 nitrogen and oxygen atoms in total. The summed E-state index contributed by atoms with van der Waals surface area (Å²) < 4.78 is 0.998. The maximum atomic E-state index is 12.4. The molecule has 6 heteroatoms. The van der Waals surface area contributed by atoms with Crippen LogP contribution in [0.2, 0.25) is 0 Å². The Morgan fingerprint density at radius 1 is 1.26 bits per heavy atom. The van der Waals surface area contributed by atoms with E-state index >= 15 is 0 Å². The van der Waals surface area contributed by atoms with E-state index in [1.807, 2.05) is 38.1 Å². The molecule has 23 heavy (non-hydrogen) atoms. The van der Waals surface area contributed by atoms with Crippen molar-refractivity contribution in [3.63, 3.8) is 0 Å². The van der Waals surface area contributed by atoms with Gasteiger partial charge in [-0.2, -0.15) is 0 Å². The molecule has 0 fully saturated rings. The van der Waals surface area contributed by atoms with Crippen molar-refractivity contribution in [1.82, 2.24) is 0 Å². The lowest BCUT2D eigenvalue weighted by molar-refractivity contribution is -0.115. The minimum absolute atomic E-state index is 0.0383. The van der Waals surface area contributed by atoms with E-state index in [0.717, 1.165) is 20.6 Å². The van der Waals surface area contributed by atoms with Crippen LogP contribution in [-0.2, 0) is 4.79 Å². The van der Waals surface area contributed by atoms with Crippen LogP contribution in [0.15, 0.2) is 45.8 Å². The maximum Gasteiger partial charge on any atom is 0.255 e. The number of carbonyl (C=O) groups is 2.